The Labute approximate surface area is 140 Å². The lowest BCUT2D eigenvalue weighted by atomic mass is 9.92. The molecule has 1 heterocycles. The van der Waals surface area contributed by atoms with Crippen LogP contribution >= 0.6 is 45.8 Å². The average Bonchev–Trinajstić information content (AvgIpc) is 2.31. The lowest BCUT2D eigenvalue weighted by Crippen LogP contribution is -2.17. The number of nitrogens with zero attached hydrogens (tertiary/aromatic N) is 2. The van der Waals surface area contributed by atoms with Gasteiger partial charge in [-0.1, -0.05) is 44.0 Å². The van der Waals surface area contributed by atoms with Gasteiger partial charge < -0.3 is 0 Å². The number of halogens is 4. The summed E-state index contributed by atoms with van der Waals surface area (Å²) in [7, 11) is 0. The SMILES string of the molecule is CC(C)(C)c1nc(-c2ccc(F)cc2Cl)nc(Cl)c1I. The summed E-state index contributed by atoms with van der Waals surface area (Å²) in [6, 6.07) is 4.12. The van der Waals surface area contributed by atoms with E-state index in [1.165, 1.54) is 12.1 Å². The molecule has 20 heavy (non-hydrogen) atoms. The quantitative estimate of drug-likeness (QED) is 0.446. The van der Waals surface area contributed by atoms with Crippen molar-refractivity contribution in [3.05, 3.63) is 43.5 Å². The van der Waals surface area contributed by atoms with E-state index in [9.17, 15) is 4.39 Å². The average molecular weight is 425 g/mol. The van der Waals surface area contributed by atoms with Crippen LogP contribution in [0, 0.1) is 9.39 Å². The zero-order chi connectivity index (χ0) is 15.1. The van der Waals surface area contributed by atoms with Crippen LogP contribution in [0.25, 0.3) is 11.4 Å². The highest BCUT2D eigenvalue weighted by molar-refractivity contribution is 14.1. The summed E-state index contributed by atoms with van der Waals surface area (Å²) >= 11 is 14.4. The molecule has 106 valence electrons. The third-order valence-corrected chi connectivity index (χ3v) is 4.62. The lowest BCUT2D eigenvalue weighted by Gasteiger charge is -2.20. The number of rotatable bonds is 1. The Hall–Kier alpha value is -0.460. The van der Waals surface area contributed by atoms with E-state index in [4.69, 9.17) is 23.2 Å². The minimum absolute atomic E-state index is 0.176. The molecule has 0 unspecified atom stereocenters. The summed E-state index contributed by atoms with van der Waals surface area (Å²) in [6.07, 6.45) is 0. The maximum absolute atomic E-state index is 13.1. The van der Waals surface area contributed by atoms with Gasteiger partial charge in [-0.05, 0) is 40.8 Å². The smallest absolute Gasteiger partial charge is 0.162 e. The van der Waals surface area contributed by atoms with E-state index < -0.39 is 5.82 Å². The summed E-state index contributed by atoms with van der Waals surface area (Å²) in [5.41, 5.74) is 1.23. The molecule has 6 heteroatoms. The Bertz CT molecular complexity index is 669. The van der Waals surface area contributed by atoms with E-state index >= 15 is 0 Å². The molecule has 1 aromatic carbocycles. The van der Waals surface area contributed by atoms with Crippen LogP contribution in [0.2, 0.25) is 10.2 Å². The number of aromatic nitrogens is 2. The van der Waals surface area contributed by atoms with Crippen molar-refractivity contribution in [2.75, 3.05) is 0 Å². The van der Waals surface area contributed by atoms with Crippen LogP contribution < -0.4 is 0 Å². The van der Waals surface area contributed by atoms with Gasteiger partial charge in [0.05, 0.1) is 14.3 Å². The molecule has 0 radical (unpaired) electrons. The van der Waals surface area contributed by atoms with E-state index in [2.05, 4.69) is 32.6 Å². The van der Waals surface area contributed by atoms with Crippen molar-refractivity contribution >= 4 is 45.8 Å². The zero-order valence-corrected chi connectivity index (χ0v) is 14.8. The molecule has 0 aliphatic heterocycles. The molecule has 0 fully saturated rings. The van der Waals surface area contributed by atoms with E-state index in [1.54, 1.807) is 6.07 Å². The third-order valence-electron chi connectivity index (χ3n) is 2.69. The van der Waals surface area contributed by atoms with Crippen LogP contribution in [0.4, 0.5) is 4.39 Å². The second-order valence-electron chi connectivity index (χ2n) is 5.37. The summed E-state index contributed by atoms with van der Waals surface area (Å²) in [5.74, 6) is 0.0109. The van der Waals surface area contributed by atoms with Crippen molar-refractivity contribution in [3.63, 3.8) is 0 Å². The zero-order valence-electron chi connectivity index (χ0n) is 11.1. The first-order valence-corrected chi connectivity index (χ1v) is 7.72. The van der Waals surface area contributed by atoms with E-state index in [0.29, 0.717) is 16.5 Å². The van der Waals surface area contributed by atoms with E-state index in [1.807, 2.05) is 20.8 Å². The fraction of sp³-hybridized carbons (Fsp3) is 0.286. The number of benzene rings is 1. The number of hydrogen-bond acceptors (Lipinski definition) is 2. The highest BCUT2D eigenvalue weighted by Gasteiger charge is 2.23. The fourth-order valence-corrected chi connectivity index (χ4v) is 3.18. The standard InChI is InChI=1S/C14H12Cl2FIN2/c1-14(2,3)11-10(18)12(16)20-13(19-11)8-5-4-7(17)6-9(8)15/h4-6H,1-3H3. The van der Waals surface area contributed by atoms with Crippen LogP contribution in [-0.4, -0.2) is 9.97 Å². The Morgan fingerprint density at radius 2 is 1.80 bits per heavy atom. The van der Waals surface area contributed by atoms with Crippen LogP contribution in [0.5, 0.6) is 0 Å². The van der Waals surface area contributed by atoms with Gasteiger partial charge in [-0.15, -0.1) is 0 Å². The Morgan fingerprint density at radius 1 is 1.15 bits per heavy atom. The molecule has 0 N–H and O–H groups in total. The van der Waals surface area contributed by atoms with Crippen LogP contribution in [0.3, 0.4) is 0 Å². The van der Waals surface area contributed by atoms with Gasteiger partial charge in [-0.2, -0.15) is 0 Å². The van der Waals surface area contributed by atoms with Gasteiger partial charge in [0.15, 0.2) is 5.82 Å². The second-order valence-corrected chi connectivity index (χ2v) is 7.22. The van der Waals surface area contributed by atoms with Crippen molar-refractivity contribution in [1.82, 2.24) is 9.97 Å². The molecular weight excluding hydrogens is 413 g/mol. The highest BCUT2D eigenvalue weighted by Crippen LogP contribution is 2.33. The summed E-state index contributed by atoms with van der Waals surface area (Å²) in [5, 5.41) is 0.642. The molecule has 0 spiro atoms. The third kappa shape index (κ3) is 3.23. The van der Waals surface area contributed by atoms with Gasteiger partial charge in [0.25, 0.3) is 0 Å². The van der Waals surface area contributed by atoms with Crippen molar-refractivity contribution in [3.8, 4) is 11.4 Å². The minimum Gasteiger partial charge on any atom is -0.231 e. The van der Waals surface area contributed by atoms with Crippen molar-refractivity contribution in [1.29, 1.82) is 0 Å². The Kier molecular flexibility index (Phi) is 4.56. The molecule has 2 rings (SSSR count). The first-order chi connectivity index (χ1) is 9.20. The maximum atomic E-state index is 13.1. The molecule has 2 aromatic rings. The number of hydrogen-bond donors (Lipinski definition) is 0. The molecule has 0 aliphatic carbocycles. The molecule has 0 atom stereocenters. The van der Waals surface area contributed by atoms with Gasteiger partial charge in [-0.3, -0.25) is 0 Å². The predicted molar refractivity (Wildman–Crippen MR) is 88.9 cm³/mol. The first kappa shape index (κ1) is 15.9. The van der Waals surface area contributed by atoms with E-state index in [-0.39, 0.29) is 10.4 Å². The summed E-state index contributed by atoms with van der Waals surface area (Å²) in [4.78, 5) is 8.80. The maximum Gasteiger partial charge on any atom is 0.162 e. The van der Waals surface area contributed by atoms with Crippen LogP contribution in [-0.2, 0) is 5.41 Å². The monoisotopic (exact) mass is 424 g/mol. The molecule has 0 aliphatic rings. The molecular formula is C14H12Cl2FIN2. The minimum atomic E-state index is -0.397. The molecule has 0 saturated carbocycles. The van der Waals surface area contributed by atoms with Gasteiger partial charge in [0, 0.05) is 11.0 Å². The van der Waals surface area contributed by atoms with Crippen LogP contribution in [0.15, 0.2) is 18.2 Å². The second kappa shape index (κ2) is 5.73. The molecule has 0 bridgehead atoms. The van der Waals surface area contributed by atoms with Crippen molar-refractivity contribution in [2.24, 2.45) is 0 Å². The lowest BCUT2D eigenvalue weighted by molar-refractivity contribution is 0.563. The van der Waals surface area contributed by atoms with Crippen molar-refractivity contribution < 1.29 is 4.39 Å². The Morgan fingerprint density at radius 3 is 2.35 bits per heavy atom. The molecule has 0 saturated heterocycles. The topological polar surface area (TPSA) is 25.8 Å². The molecule has 2 nitrogen and oxygen atoms in total. The highest BCUT2D eigenvalue weighted by atomic mass is 127. The van der Waals surface area contributed by atoms with Gasteiger partial charge >= 0.3 is 0 Å². The van der Waals surface area contributed by atoms with Gasteiger partial charge in [0.1, 0.15) is 11.0 Å². The molecule has 0 amide bonds. The van der Waals surface area contributed by atoms with Gasteiger partial charge in [0.2, 0.25) is 0 Å². The first-order valence-electron chi connectivity index (χ1n) is 5.89. The van der Waals surface area contributed by atoms with Crippen molar-refractivity contribution in [2.45, 2.75) is 26.2 Å². The normalized spacial score (nSPS) is 11.8. The largest absolute Gasteiger partial charge is 0.231 e. The van der Waals surface area contributed by atoms with Gasteiger partial charge in [-0.25, -0.2) is 14.4 Å². The molecule has 1 aromatic heterocycles. The summed E-state index contributed by atoms with van der Waals surface area (Å²) in [6.45, 7) is 6.14. The van der Waals surface area contributed by atoms with E-state index in [0.717, 1.165) is 9.26 Å². The summed E-state index contributed by atoms with van der Waals surface area (Å²) < 4.78 is 13.9. The van der Waals surface area contributed by atoms with Crippen LogP contribution in [0.1, 0.15) is 26.5 Å². The predicted octanol–water partition coefficient (Wildman–Crippen LogP) is 5.49. The Balaban J connectivity index is 2.67. The fourth-order valence-electron chi connectivity index (χ4n) is 1.71.